The van der Waals surface area contributed by atoms with Crippen LogP contribution in [0.3, 0.4) is 0 Å². The van der Waals surface area contributed by atoms with Gasteiger partial charge < -0.3 is 9.64 Å². The second-order valence-corrected chi connectivity index (χ2v) is 8.64. The van der Waals surface area contributed by atoms with Crippen LogP contribution in [0.25, 0.3) is 10.8 Å². The molecule has 0 fully saturated rings. The number of nitrogens with zero attached hydrogens (tertiary/aromatic N) is 2. The molecule has 5 rings (SSSR count). The molecule has 1 aliphatic rings. The molecule has 1 aromatic heterocycles. The monoisotopic (exact) mass is 414 g/mol. The van der Waals surface area contributed by atoms with E-state index in [1.807, 2.05) is 36.1 Å². The molecule has 3 aromatic carbocycles. The molecule has 0 atom stereocenters. The number of ether oxygens (including phenoxy) is 1. The van der Waals surface area contributed by atoms with E-state index in [0.717, 1.165) is 33.4 Å². The Hall–Kier alpha value is -3.18. The lowest BCUT2D eigenvalue weighted by molar-refractivity contribution is -0.118. The third-order valence-corrected chi connectivity index (χ3v) is 6.66. The van der Waals surface area contributed by atoms with Crippen LogP contribution < -0.4 is 9.64 Å². The molecule has 5 heteroatoms. The van der Waals surface area contributed by atoms with Gasteiger partial charge in [0.15, 0.2) is 0 Å². The van der Waals surface area contributed by atoms with Crippen molar-refractivity contribution in [2.24, 2.45) is 0 Å². The zero-order valence-electron chi connectivity index (χ0n) is 16.8. The maximum absolute atomic E-state index is 13.1. The van der Waals surface area contributed by atoms with Gasteiger partial charge in [-0.15, -0.1) is 11.3 Å². The number of carbonyl (C=O) groups is 1. The number of aryl methyl sites for hydroxylation is 1. The molecule has 0 radical (unpaired) electrons. The van der Waals surface area contributed by atoms with E-state index in [9.17, 15) is 4.79 Å². The van der Waals surface area contributed by atoms with Gasteiger partial charge in [-0.1, -0.05) is 54.6 Å². The highest BCUT2D eigenvalue weighted by Crippen LogP contribution is 2.32. The van der Waals surface area contributed by atoms with Gasteiger partial charge in [-0.2, -0.15) is 0 Å². The first-order valence-corrected chi connectivity index (χ1v) is 10.9. The Morgan fingerprint density at radius 1 is 1.07 bits per heavy atom. The van der Waals surface area contributed by atoms with Crippen LogP contribution in [0.5, 0.6) is 5.75 Å². The molecule has 1 amide bonds. The number of thiazole rings is 1. The summed E-state index contributed by atoms with van der Waals surface area (Å²) in [5.41, 5.74) is 3.07. The van der Waals surface area contributed by atoms with E-state index in [1.165, 1.54) is 16.3 Å². The fourth-order valence-corrected chi connectivity index (χ4v) is 5.08. The third-order valence-electron chi connectivity index (χ3n) is 5.50. The first-order chi connectivity index (χ1) is 14.7. The van der Waals surface area contributed by atoms with Crippen molar-refractivity contribution in [2.75, 3.05) is 18.1 Å². The molecule has 0 spiro atoms. The van der Waals surface area contributed by atoms with Crippen molar-refractivity contribution in [3.63, 3.8) is 0 Å². The van der Waals surface area contributed by atoms with E-state index in [4.69, 9.17) is 9.72 Å². The standard InChI is InChI=1S/C25H22N2O2S/c1-17-23(16-25(28)27-13-14-29-22-12-5-4-11-21(22)27)30-24(26-17)15-19-9-6-8-18-7-2-3-10-20(18)19/h2-12H,13-16H2,1H3. The first kappa shape index (κ1) is 18.8. The molecule has 0 saturated heterocycles. The van der Waals surface area contributed by atoms with E-state index in [-0.39, 0.29) is 5.91 Å². The van der Waals surface area contributed by atoms with Crippen molar-refractivity contribution in [1.82, 2.24) is 4.98 Å². The number of hydrogen-bond acceptors (Lipinski definition) is 4. The topological polar surface area (TPSA) is 42.4 Å². The first-order valence-electron chi connectivity index (χ1n) is 10.1. The average Bonchev–Trinajstić information content (AvgIpc) is 3.12. The second-order valence-electron chi connectivity index (χ2n) is 7.47. The number of rotatable bonds is 4. The van der Waals surface area contributed by atoms with E-state index in [2.05, 4.69) is 42.5 Å². The maximum atomic E-state index is 13.1. The lowest BCUT2D eigenvalue weighted by Gasteiger charge is -2.29. The van der Waals surface area contributed by atoms with Crippen LogP contribution in [0, 0.1) is 6.92 Å². The van der Waals surface area contributed by atoms with Crippen LogP contribution in [0.4, 0.5) is 5.69 Å². The quantitative estimate of drug-likeness (QED) is 0.463. The number of aromatic nitrogens is 1. The molecular formula is C25H22N2O2S. The minimum atomic E-state index is 0.0919. The summed E-state index contributed by atoms with van der Waals surface area (Å²) < 4.78 is 5.68. The van der Waals surface area contributed by atoms with Crippen molar-refractivity contribution in [1.29, 1.82) is 0 Å². The van der Waals surface area contributed by atoms with Crippen LogP contribution in [-0.4, -0.2) is 24.0 Å². The highest BCUT2D eigenvalue weighted by Gasteiger charge is 2.24. The Kier molecular flexibility index (Phi) is 4.97. The van der Waals surface area contributed by atoms with Crippen molar-refractivity contribution in [3.8, 4) is 5.75 Å². The van der Waals surface area contributed by atoms with Gasteiger partial charge in [0.25, 0.3) is 0 Å². The van der Waals surface area contributed by atoms with E-state index in [0.29, 0.717) is 19.6 Å². The normalized spacial score (nSPS) is 13.2. The number of hydrogen-bond donors (Lipinski definition) is 0. The number of amides is 1. The van der Waals surface area contributed by atoms with E-state index >= 15 is 0 Å². The summed E-state index contributed by atoms with van der Waals surface area (Å²) in [6, 6.07) is 22.5. The van der Waals surface area contributed by atoms with Crippen molar-refractivity contribution in [3.05, 3.63) is 87.9 Å². The van der Waals surface area contributed by atoms with Gasteiger partial charge in [0.05, 0.1) is 29.4 Å². The molecule has 0 bridgehead atoms. The van der Waals surface area contributed by atoms with Crippen LogP contribution in [0.1, 0.15) is 21.1 Å². The molecule has 150 valence electrons. The van der Waals surface area contributed by atoms with Gasteiger partial charge in [-0.3, -0.25) is 4.79 Å². The van der Waals surface area contributed by atoms with Gasteiger partial charge in [0.2, 0.25) is 5.91 Å². The molecule has 30 heavy (non-hydrogen) atoms. The fourth-order valence-electron chi connectivity index (χ4n) is 4.00. The van der Waals surface area contributed by atoms with Gasteiger partial charge in [-0.25, -0.2) is 4.98 Å². The Bertz CT molecular complexity index is 1230. The van der Waals surface area contributed by atoms with Crippen molar-refractivity contribution in [2.45, 2.75) is 19.8 Å². The zero-order chi connectivity index (χ0) is 20.5. The van der Waals surface area contributed by atoms with Gasteiger partial charge in [0, 0.05) is 11.3 Å². The number of carbonyl (C=O) groups excluding carboxylic acids is 1. The predicted molar refractivity (Wildman–Crippen MR) is 122 cm³/mol. The zero-order valence-corrected chi connectivity index (χ0v) is 17.6. The number of benzene rings is 3. The summed E-state index contributed by atoms with van der Waals surface area (Å²) in [6.07, 6.45) is 1.15. The molecule has 0 aliphatic carbocycles. The summed E-state index contributed by atoms with van der Waals surface area (Å²) in [5, 5.41) is 3.55. The van der Waals surface area contributed by atoms with Crippen LogP contribution in [0.2, 0.25) is 0 Å². The molecular weight excluding hydrogens is 392 g/mol. The molecule has 4 aromatic rings. The van der Waals surface area contributed by atoms with Crippen LogP contribution in [-0.2, 0) is 17.6 Å². The SMILES string of the molecule is Cc1nc(Cc2cccc3ccccc23)sc1CC(=O)N1CCOc2ccccc21. The Balaban J connectivity index is 1.37. The van der Waals surface area contributed by atoms with E-state index in [1.54, 1.807) is 11.3 Å². The number of fused-ring (bicyclic) bond motifs is 2. The average molecular weight is 415 g/mol. The van der Waals surface area contributed by atoms with Gasteiger partial charge in [-0.05, 0) is 35.4 Å². The second kappa shape index (κ2) is 7.92. The number of para-hydroxylation sites is 2. The molecule has 1 aliphatic heterocycles. The smallest absolute Gasteiger partial charge is 0.232 e. The summed E-state index contributed by atoms with van der Waals surface area (Å²) in [5.74, 6) is 0.865. The molecule has 0 saturated carbocycles. The maximum Gasteiger partial charge on any atom is 0.232 e. The van der Waals surface area contributed by atoms with Crippen molar-refractivity contribution >= 4 is 33.7 Å². The van der Waals surface area contributed by atoms with Crippen molar-refractivity contribution < 1.29 is 9.53 Å². The lowest BCUT2D eigenvalue weighted by Crippen LogP contribution is -2.38. The molecule has 4 nitrogen and oxygen atoms in total. The van der Waals surface area contributed by atoms with E-state index < -0.39 is 0 Å². The number of anilines is 1. The van der Waals surface area contributed by atoms with Gasteiger partial charge >= 0.3 is 0 Å². The summed E-state index contributed by atoms with van der Waals surface area (Å²) >= 11 is 1.65. The minimum Gasteiger partial charge on any atom is -0.490 e. The Labute approximate surface area is 179 Å². The molecule has 0 unspecified atom stereocenters. The lowest BCUT2D eigenvalue weighted by atomic mass is 10.0. The summed E-state index contributed by atoms with van der Waals surface area (Å²) in [4.78, 5) is 20.7. The highest BCUT2D eigenvalue weighted by molar-refractivity contribution is 7.11. The largest absolute Gasteiger partial charge is 0.490 e. The minimum absolute atomic E-state index is 0.0919. The Morgan fingerprint density at radius 2 is 1.87 bits per heavy atom. The molecule has 0 N–H and O–H groups in total. The third kappa shape index (κ3) is 3.57. The fraction of sp³-hybridized carbons (Fsp3) is 0.200. The van der Waals surface area contributed by atoms with Crippen LogP contribution in [0.15, 0.2) is 66.7 Å². The molecule has 2 heterocycles. The predicted octanol–water partition coefficient (Wildman–Crippen LogP) is 5.16. The summed E-state index contributed by atoms with van der Waals surface area (Å²) in [7, 11) is 0. The Morgan fingerprint density at radius 3 is 2.80 bits per heavy atom. The van der Waals surface area contributed by atoms with Gasteiger partial charge in [0.1, 0.15) is 12.4 Å². The summed E-state index contributed by atoms with van der Waals surface area (Å²) in [6.45, 7) is 3.10. The highest BCUT2D eigenvalue weighted by atomic mass is 32.1. The van der Waals surface area contributed by atoms with Crippen LogP contribution >= 0.6 is 11.3 Å².